The molecule has 0 bridgehead atoms. The Morgan fingerprint density at radius 2 is 2.25 bits per heavy atom. The van der Waals surface area contributed by atoms with Crippen LogP contribution in [0.15, 0.2) is 0 Å². The van der Waals surface area contributed by atoms with E-state index in [9.17, 15) is 4.79 Å². The predicted octanol–water partition coefficient (Wildman–Crippen LogP) is 1.28. The molecule has 0 radical (unpaired) electrons. The van der Waals surface area contributed by atoms with Crippen LogP contribution < -0.4 is 0 Å². The Morgan fingerprint density at radius 1 is 1.50 bits per heavy atom. The third kappa shape index (κ3) is 0.959. The van der Waals surface area contributed by atoms with Crippen LogP contribution in [-0.4, -0.2) is 24.3 Å². The molecule has 1 heterocycles. The van der Waals surface area contributed by atoms with Crippen LogP contribution in [0.3, 0.4) is 0 Å². The molecule has 2 aliphatic rings. The highest BCUT2D eigenvalue weighted by Gasteiger charge is 2.51. The summed E-state index contributed by atoms with van der Waals surface area (Å²) in [5.41, 5.74) is -0.406. The molecule has 12 heavy (non-hydrogen) atoms. The van der Waals surface area contributed by atoms with Crippen molar-refractivity contribution in [2.45, 2.75) is 25.7 Å². The van der Waals surface area contributed by atoms with Gasteiger partial charge in [0.25, 0.3) is 0 Å². The zero-order chi connectivity index (χ0) is 8.60. The minimum absolute atomic E-state index is 0.281. The molecule has 0 spiro atoms. The van der Waals surface area contributed by atoms with Gasteiger partial charge in [0.15, 0.2) is 0 Å². The smallest absolute Gasteiger partial charge is 0.310 e. The van der Waals surface area contributed by atoms with Crippen LogP contribution in [0, 0.1) is 11.3 Å². The summed E-state index contributed by atoms with van der Waals surface area (Å²) in [5, 5.41) is 9.09. The lowest BCUT2D eigenvalue weighted by molar-refractivity contribution is -0.159. The predicted molar refractivity (Wildman–Crippen MR) is 42.8 cm³/mol. The Balaban J connectivity index is 2.10. The van der Waals surface area contributed by atoms with Crippen molar-refractivity contribution in [1.29, 1.82) is 0 Å². The summed E-state index contributed by atoms with van der Waals surface area (Å²) in [6.07, 6.45) is 3.72. The molecule has 0 amide bonds. The SMILES string of the molecule is O=C(O)C1(C2CCOC2)CCC1. The molecule has 1 aliphatic carbocycles. The van der Waals surface area contributed by atoms with Crippen LogP contribution >= 0.6 is 0 Å². The van der Waals surface area contributed by atoms with E-state index in [1.54, 1.807) is 0 Å². The van der Waals surface area contributed by atoms with E-state index in [1.807, 2.05) is 0 Å². The van der Waals surface area contributed by atoms with Crippen molar-refractivity contribution in [3.05, 3.63) is 0 Å². The molecule has 3 heteroatoms. The van der Waals surface area contributed by atoms with Crippen molar-refractivity contribution in [3.63, 3.8) is 0 Å². The van der Waals surface area contributed by atoms with Crippen molar-refractivity contribution in [1.82, 2.24) is 0 Å². The van der Waals surface area contributed by atoms with Crippen molar-refractivity contribution in [2.75, 3.05) is 13.2 Å². The molecule has 1 atom stereocenters. The first kappa shape index (κ1) is 8.05. The number of aliphatic carboxylic acids is 1. The molecule has 2 fully saturated rings. The molecule has 0 aromatic heterocycles. The first-order chi connectivity index (χ1) is 5.76. The van der Waals surface area contributed by atoms with Gasteiger partial charge in [0, 0.05) is 12.5 Å². The van der Waals surface area contributed by atoms with Gasteiger partial charge >= 0.3 is 5.97 Å². The molecule has 2 rings (SSSR count). The molecule has 1 N–H and O–H groups in total. The number of carboxylic acid groups (broad SMARTS) is 1. The molecule has 1 unspecified atom stereocenters. The van der Waals surface area contributed by atoms with E-state index in [2.05, 4.69) is 0 Å². The first-order valence-corrected chi connectivity index (χ1v) is 4.57. The third-order valence-corrected chi connectivity index (χ3v) is 3.38. The van der Waals surface area contributed by atoms with Crippen molar-refractivity contribution in [3.8, 4) is 0 Å². The lowest BCUT2D eigenvalue weighted by Gasteiger charge is -2.41. The van der Waals surface area contributed by atoms with E-state index in [1.165, 1.54) is 0 Å². The van der Waals surface area contributed by atoms with Crippen LogP contribution in [0.25, 0.3) is 0 Å². The molecule has 3 nitrogen and oxygen atoms in total. The molecule has 68 valence electrons. The maximum Gasteiger partial charge on any atom is 0.310 e. The first-order valence-electron chi connectivity index (χ1n) is 4.57. The summed E-state index contributed by atoms with van der Waals surface area (Å²) < 4.78 is 5.23. The summed E-state index contributed by atoms with van der Waals surface area (Å²) in [6, 6.07) is 0. The average Bonchev–Trinajstić information content (AvgIpc) is 2.35. The normalized spacial score (nSPS) is 32.8. The maximum atomic E-state index is 11.0. The Labute approximate surface area is 71.7 Å². The molecule has 0 aromatic carbocycles. The van der Waals surface area contributed by atoms with Crippen molar-refractivity contribution >= 4 is 5.97 Å². The number of hydrogen-bond donors (Lipinski definition) is 1. The molecule has 1 saturated heterocycles. The molecular formula is C9H14O3. The number of carbonyl (C=O) groups is 1. The van der Waals surface area contributed by atoms with Gasteiger partial charge in [-0.15, -0.1) is 0 Å². The summed E-state index contributed by atoms with van der Waals surface area (Å²) in [4.78, 5) is 11.0. The van der Waals surface area contributed by atoms with Crippen molar-refractivity contribution in [2.24, 2.45) is 11.3 Å². The van der Waals surface area contributed by atoms with Gasteiger partial charge in [0.1, 0.15) is 0 Å². The Kier molecular flexibility index (Phi) is 1.83. The van der Waals surface area contributed by atoms with Gasteiger partial charge in [0.2, 0.25) is 0 Å². The summed E-state index contributed by atoms with van der Waals surface area (Å²) in [5.74, 6) is -0.326. The van der Waals surface area contributed by atoms with Crippen LogP contribution in [0.2, 0.25) is 0 Å². The minimum Gasteiger partial charge on any atom is -0.481 e. The quantitative estimate of drug-likeness (QED) is 0.679. The van der Waals surface area contributed by atoms with Crippen LogP contribution in [0.5, 0.6) is 0 Å². The van der Waals surface area contributed by atoms with Gasteiger partial charge < -0.3 is 9.84 Å². The fourth-order valence-corrected chi connectivity index (χ4v) is 2.32. The monoisotopic (exact) mass is 170 g/mol. The van der Waals surface area contributed by atoms with Gasteiger partial charge in [-0.3, -0.25) is 4.79 Å². The van der Waals surface area contributed by atoms with Gasteiger partial charge in [-0.25, -0.2) is 0 Å². The van der Waals surface area contributed by atoms with Crippen molar-refractivity contribution < 1.29 is 14.6 Å². The molecular weight excluding hydrogens is 156 g/mol. The van der Waals surface area contributed by atoms with E-state index in [-0.39, 0.29) is 5.92 Å². The van der Waals surface area contributed by atoms with Crippen LogP contribution in [0.4, 0.5) is 0 Å². The fraction of sp³-hybridized carbons (Fsp3) is 0.889. The van der Waals surface area contributed by atoms with Gasteiger partial charge in [-0.05, 0) is 19.3 Å². The molecule has 0 aromatic rings. The lowest BCUT2D eigenvalue weighted by Crippen LogP contribution is -2.44. The van der Waals surface area contributed by atoms with E-state index in [0.29, 0.717) is 6.61 Å². The number of hydrogen-bond acceptors (Lipinski definition) is 2. The minimum atomic E-state index is -0.607. The standard InChI is InChI=1S/C9H14O3/c10-8(11)9(3-1-4-9)7-2-5-12-6-7/h7H,1-6H2,(H,10,11). The highest BCUT2D eigenvalue weighted by Crippen LogP contribution is 2.50. The largest absolute Gasteiger partial charge is 0.481 e. The van der Waals surface area contributed by atoms with E-state index < -0.39 is 11.4 Å². The van der Waals surface area contributed by atoms with E-state index >= 15 is 0 Å². The Hall–Kier alpha value is -0.570. The average molecular weight is 170 g/mol. The highest BCUT2D eigenvalue weighted by molar-refractivity contribution is 5.76. The zero-order valence-electron chi connectivity index (χ0n) is 7.08. The fourth-order valence-electron chi connectivity index (χ4n) is 2.32. The molecule has 1 saturated carbocycles. The number of ether oxygens (including phenoxy) is 1. The summed E-state index contributed by atoms with van der Waals surface area (Å²) >= 11 is 0. The lowest BCUT2D eigenvalue weighted by atomic mass is 9.61. The van der Waals surface area contributed by atoms with E-state index in [0.717, 1.165) is 32.3 Å². The third-order valence-electron chi connectivity index (χ3n) is 3.38. The summed E-state index contributed by atoms with van der Waals surface area (Å²) in [6.45, 7) is 1.41. The zero-order valence-corrected chi connectivity index (χ0v) is 7.08. The van der Waals surface area contributed by atoms with Gasteiger partial charge in [0.05, 0.1) is 12.0 Å². The van der Waals surface area contributed by atoms with Gasteiger partial charge in [-0.2, -0.15) is 0 Å². The number of rotatable bonds is 2. The van der Waals surface area contributed by atoms with E-state index in [4.69, 9.17) is 9.84 Å². The van der Waals surface area contributed by atoms with Crippen LogP contribution in [0.1, 0.15) is 25.7 Å². The highest BCUT2D eigenvalue weighted by atomic mass is 16.5. The second-order valence-electron chi connectivity index (χ2n) is 3.88. The Bertz CT molecular complexity index is 190. The Morgan fingerprint density at radius 3 is 2.58 bits per heavy atom. The van der Waals surface area contributed by atoms with Crippen LogP contribution in [-0.2, 0) is 9.53 Å². The van der Waals surface area contributed by atoms with Gasteiger partial charge in [-0.1, -0.05) is 6.42 Å². The maximum absolute atomic E-state index is 11.0. The topological polar surface area (TPSA) is 46.5 Å². The molecule has 1 aliphatic heterocycles. The summed E-state index contributed by atoms with van der Waals surface area (Å²) in [7, 11) is 0. The number of carboxylic acids is 1. The second-order valence-corrected chi connectivity index (χ2v) is 3.88. The second kappa shape index (κ2) is 2.73.